The summed E-state index contributed by atoms with van der Waals surface area (Å²) in [7, 11) is 0. The van der Waals surface area contributed by atoms with Crippen LogP contribution in [0.25, 0.3) is 0 Å². The van der Waals surface area contributed by atoms with Crippen LogP contribution in [0.3, 0.4) is 0 Å². The van der Waals surface area contributed by atoms with Gasteiger partial charge in [-0.1, -0.05) is 19.1 Å². The van der Waals surface area contributed by atoms with Crippen molar-refractivity contribution < 1.29 is 14.3 Å². The fourth-order valence-corrected chi connectivity index (χ4v) is 3.45. The minimum Gasteiger partial charge on any atom is -0.364 e. The third-order valence-electron chi connectivity index (χ3n) is 5.15. The second-order valence-corrected chi connectivity index (χ2v) is 7.07. The molecule has 0 bridgehead atoms. The van der Waals surface area contributed by atoms with Crippen LogP contribution in [0.4, 0.5) is 5.69 Å². The Morgan fingerprint density at radius 1 is 1.19 bits per heavy atom. The topological polar surface area (TPSA) is 84.7 Å². The quantitative estimate of drug-likeness (QED) is 0.838. The van der Waals surface area contributed by atoms with Crippen LogP contribution in [0.5, 0.6) is 0 Å². The Kier molecular flexibility index (Phi) is 7.43. The molecule has 0 aromatic heterocycles. The molecule has 2 aliphatic heterocycles. The second-order valence-electron chi connectivity index (χ2n) is 7.07. The Morgan fingerprint density at radius 3 is 2.54 bits per heavy atom. The van der Waals surface area contributed by atoms with Gasteiger partial charge in [0.05, 0.1) is 17.4 Å². The number of halogens is 1. The van der Waals surface area contributed by atoms with Crippen LogP contribution in [-0.4, -0.2) is 48.6 Å². The molecule has 2 amide bonds. The van der Waals surface area contributed by atoms with Gasteiger partial charge in [0, 0.05) is 19.6 Å². The molecule has 144 valence electrons. The molecule has 3 N–H and O–H groups in total. The highest BCUT2D eigenvalue weighted by Gasteiger charge is 2.31. The van der Waals surface area contributed by atoms with Crippen molar-refractivity contribution in [3.63, 3.8) is 0 Å². The average Bonchev–Trinajstić information content (AvgIpc) is 3.12. The monoisotopic (exact) mass is 381 g/mol. The molecule has 2 saturated heterocycles. The van der Waals surface area contributed by atoms with Gasteiger partial charge in [0.1, 0.15) is 6.10 Å². The number of carbonyl (C=O) groups is 2. The first kappa shape index (κ1) is 20.7. The number of ether oxygens (including phenoxy) is 1. The van der Waals surface area contributed by atoms with Gasteiger partial charge < -0.3 is 20.7 Å². The zero-order valence-corrected chi connectivity index (χ0v) is 16.0. The maximum Gasteiger partial charge on any atom is 0.255 e. The van der Waals surface area contributed by atoms with E-state index in [1.54, 1.807) is 12.1 Å². The van der Waals surface area contributed by atoms with Gasteiger partial charge in [-0.25, -0.2) is 0 Å². The first-order valence-corrected chi connectivity index (χ1v) is 9.13. The second kappa shape index (κ2) is 9.35. The molecular formula is C19H28ClN3O3. The van der Waals surface area contributed by atoms with E-state index in [4.69, 9.17) is 10.5 Å². The third kappa shape index (κ3) is 4.75. The highest BCUT2D eigenvalue weighted by molar-refractivity contribution is 6.04. The van der Waals surface area contributed by atoms with E-state index in [-0.39, 0.29) is 30.3 Å². The molecule has 1 aromatic rings. The molecule has 7 heteroatoms. The first-order valence-electron chi connectivity index (χ1n) is 9.13. The normalized spacial score (nSPS) is 23.4. The summed E-state index contributed by atoms with van der Waals surface area (Å²) in [6, 6.07) is 7.19. The lowest BCUT2D eigenvalue weighted by atomic mass is 9.98. The molecule has 2 atom stereocenters. The Bertz CT molecular complexity index is 632. The SMILES string of the molecule is CC1CCN(C(=O)c2ccccc2NC(=O)[C@@H]2CC[C@H](CN)O2)CC1.Cl. The molecule has 1 aromatic carbocycles. The maximum absolute atomic E-state index is 12.9. The van der Waals surface area contributed by atoms with Crippen LogP contribution in [0, 0.1) is 5.92 Å². The maximum atomic E-state index is 12.9. The molecule has 0 unspecified atom stereocenters. The van der Waals surface area contributed by atoms with E-state index >= 15 is 0 Å². The lowest BCUT2D eigenvalue weighted by Gasteiger charge is -2.30. The predicted octanol–water partition coefficient (Wildman–Crippen LogP) is 2.43. The summed E-state index contributed by atoms with van der Waals surface area (Å²) in [6.45, 7) is 4.18. The number of carbonyl (C=O) groups excluding carboxylic acids is 2. The number of rotatable bonds is 4. The lowest BCUT2D eigenvalue weighted by Crippen LogP contribution is -2.38. The summed E-state index contributed by atoms with van der Waals surface area (Å²) >= 11 is 0. The van der Waals surface area contributed by atoms with E-state index < -0.39 is 6.10 Å². The van der Waals surface area contributed by atoms with Gasteiger partial charge in [-0.3, -0.25) is 9.59 Å². The van der Waals surface area contributed by atoms with Gasteiger partial charge in [-0.15, -0.1) is 12.4 Å². The molecule has 2 aliphatic rings. The summed E-state index contributed by atoms with van der Waals surface area (Å²) in [4.78, 5) is 27.2. The molecule has 0 radical (unpaired) electrons. The number of anilines is 1. The number of nitrogens with two attached hydrogens (primary N) is 1. The smallest absolute Gasteiger partial charge is 0.255 e. The Hall–Kier alpha value is -1.63. The minimum absolute atomic E-state index is 0. The fraction of sp³-hybridized carbons (Fsp3) is 0.579. The van der Waals surface area contributed by atoms with E-state index in [0.717, 1.165) is 32.4 Å². The third-order valence-corrected chi connectivity index (χ3v) is 5.15. The highest BCUT2D eigenvalue weighted by Crippen LogP contribution is 2.24. The van der Waals surface area contributed by atoms with Crippen LogP contribution >= 0.6 is 12.4 Å². The summed E-state index contributed by atoms with van der Waals surface area (Å²) in [6.07, 6.45) is 2.96. The van der Waals surface area contributed by atoms with Gasteiger partial charge in [0.25, 0.3) is 11.8 Å². The van der Waals surface area contributed by atoms with E-state index in [2.05, 4.69) is 12.2 Å². The van der Waals surface area contributed by atoms with Crippen molar-refractivity contribution in [2.75, 3.05) is 25.0 Å². The standard InChI is InChI=1S/C19H27N3O3.ClH/c1-13-8-10-22(11-9-13)19(24)15-4-2-3-5-16(15)21-18(23)17-7-6-14(12-20)25-17;/h2-5,13-14,17H,6-12,20H2,1H3,(H,21,23);1H/t14-,17+;/m1./s1. The number of nitrogens with zero attached hydrogens (tertiary/aromatic N) is 1. The summed E-state index contributed by atoms with van der Waals surface area (Å²) in [5, 5.41) is 2.87. The Morgan fingerprint density at radius 2 is 1.88 bits per heavy atom. The zero-order chi connectivity index (χ0) is 17.8. The number of likely N-dealkylation sites (tertiary alicyclic amines) is 1. The Labute approximate surface area is 160 Å². The van der Waals surface area contributed by atoms with Crippen molar-refractivity contribution in [3.8, 4) is 0 Å². The van der Waals surface area contributed by atoms with E-state index in [9.17, 15) is 9.59 Å². The van der Waals surface area contributed by atoms with E-state index in [1.165, 1.54) is 0 Å². The van der Waals surface area contributed by atoms with Crippen molar-refractivity contribution >= 4 is 29.9 Å². The molecule has 6 nitrogen and oxygen atoms in total. The van der Waals surface area contributed by atoms with Gasteiger partial charge in [-0.2, -0.15) is 0 Å². The van der Waals surface area contributed by atoms with Crippen LogP contribution in [0.15, 0.2) is 24.3 Å². The van der Waals surface area contributed by atoms with Crippen LogP contribution in [0.1, 0.15) is 43.0 Å². The number of para-hydroxylation sites is 1. The van der Waals surface area contributed by atoms with Gasteiger partial charge in [-0.05, 0) is 43.7 Å². The van der Waals surface area contributed by atoms with Gasteiger partial charge in [0.2, 0.25) is 0 Å². The molecule has 2 fully saturated rings. The highest BCUT2D eigenvalue weighted by atomic mass is 35.5. The van der Waals surface area contributed by atoms with Crippen molar-refractivity contribution in [2.24, 2.45) is 11.7 Å². The van der Waals surface area contributed by atoms with Crippen molar-refractivity contribution in [2.45, 2.75) is 44.8 Å². The minimum atomic E-state index is -0.493. The first-order chi connectivity index (χ1) is 12.1. The molecule has 2 heterocycles. The lowest BCUT2D eigenvalue weighted by molar-refractivity contribution is -0.126. The summed E-state index contributed by atoms with van der Waals surface area (Å²) in [5.41, 5.74) is 6.69. The van der Waals surface area contributed by atoms with Crippen molar-refractivity contribution in [3.05, 3.63) is 29.8 Å². The van der Waals surface area contributed by atoms with Crippen LogP contribution in [-0.2, 0) is 9.53 Å². The largest absolute Gasteiger partial charge is 0.364 e. The number of benzene rings is 1. The predicted molar refractivity (Wildman–Crippen MR) is 104 cm³/mol. The number of nitrogens with one attached hydrogen (secondary N) is 1. The molecular weight excluding hydrogens is 354 g/mol. The van der Waals surface area contributed by atoms with Gasteiger partial charge >= 0.3 is 0 Å². The molecule has 0 saturated carbocycles. The fourth-order valence-electron chi connectivity index (χ4n) is 3.45. The number of hydrogen-bond acceptors (Lipinski definition) is 4. The van der Waals surface area contributed by atoms with Crippen LogP contribution < -0.4 is 11.1 Å². The molecule has 0 spiro atoms. The van der Waals surface area contributed by atoms with Crippen molar-refractivity contribution in [1.82, 2.24) is 4.90 Å². The van der Waals surface area contributed by atoms with E-state index in [1.807, 2.05) is 17.0 Å². The number of hydrogen-bond donors (Lipinski definition) is 2. The number of piperidine rings is 1. The van der Waals surface area contributed by atoms with Crippen molar-refractivity contribution in [1.29, 1.82) is 0 Å². The number of amides is 2. The summed E-state index contributed by atoms with van der Waals surface area (Å²) < 4.78 is 5.64. The summed E-state index contributed by atoms with van der Waals surface area (Å²) in [5.74, 6) is 0.437. The molecule has 3 rings (SSSR count). The average molecular weight is 382 g/mol. The zero-order valence-electron chi connectivity index (χ0n) is 15.1. The Balaban J connectivity index is 0.00000243. The molecule has 0 aliphatic carbocycles. The van der Waals surface area contributed by atoms with E-state index in [0.29, 0.717) is 30.1 Å². The van der Waals surface area contributed by atoms with Gasteiger partial charge in [0.15, 0.2) is 0 Å². The van der Waals surface area contributed by atoms with Crippen LogP contribution in [0.2, 0.25) is 0 Å². The molecule has 26 heavy (non-hydrogen) atoms.